The maximum absolute atomic E-state index is 11.8. The molecule has 0 aromatic rings. The van der Waals surface area contributed by atoms with Crippen molar-refractivity contribution in [2.24, 2.45) is 0 Å². The van der Waals surface area contributed by atoms with Gasteiger partial charge in [-0.25, -0.2) is 17.5 Å². The van der Waals surface area contributed by atoms with Crippen LogP contribution in [0, 0.1) is 0 Å². The summed E-state index contributed by atoms with van der Waals surface area (Å²) in [6.45, 7) is 8.09. The van der Waals surface area contributed by atoms with Gasteiger partial charge in [0.05, 0.1) is 6.26 Å². The fourth-order valence-corrected chi connectivity index (χ4v) is 2.95. The Morgan fingerprint density at radius 2 is 2.00 bits per heavy atom. The van der Waals surface area contributed by atoms with Crippen molar-refractivity contribution in [2.45, 2.75) is 51.7 Å². The summed E-state index contributed by atoms with van der Waals surface area (Å²) in [5.74, 6) is 0. The van der Waals surface area contributed by atoms with Crippen LogP contribution in [0.1, 0.15) is 40.0 Å². The molecule has 1 fully saturated rings. The third-order valence-corrected chi connectivity index (χ3v) is 5.21. The number of nitrogens with one attached hydrogen (secondary N) is 1. The minimum Gasteiger partial charge on any atom is -0.444 e. The molecule has 1 amide bonds. The molecule has 1 N–H and O–H groups in total. The zero-order valence-electron chi connectivity index (χ0n) is 15.0. The molecule has 0 aromatic carbocycles. The second-order valence-corrected chi connectivity index (χ2v) is 9.24. The largest absolute Gasteiger partial charge is 0.444 e. The van der Waals surface area contributed by atoms with Crippen LogP contribution in [0.25, 0.3) is 0 Å². The van der Waals surface area contributed by atoms with E-state index < -0.39 is 21.7 Å². The van der Waals surface area contributed by atoms with E-state index in [4.69, 9.17) is 4.74 Å². The van der Waals surface area contributed by atoms with E-state index in [2.05, 4.69) is 10.2 Å². The lowest BCUT2D eigenvalue weighted by Gasteiger charge is -2.36. The molecule has 1 atom stereocenters. The summed E-state index contributed by atoms with van der Waals surface area (Å²) in [6.07, 6.45) is 4.03. The molecule has 0 bridgehead atoms. The zero-order valence-corrected chi connectivity index (χ0v) is 15.8. The van der Waals surface area contributed by atoms with Crippen LogP contribution >= 0.6 is 0 Å². The van der Waals surface area contributed by atoms with Gasteiger partial charge in [0, 0.05) is 32.7 Å². The van der Waals surface area contributed by atoms with Crippen molar-refractivity contribution in [3.63, 3.8) is 0 Å². The zero-order chi connectivity index (χ0) is 17.7. The van der Waals surface area contributed by atoms with Gasteiger partial charge in [0.15, 0.2) is 0 Å². The van der Waals surface area contributed by atoms with Crippen LogP contribution in [0.5, 0.6) is 0 Å². The minimum atomic E-state index is -3.15. The molecule has 1 unspecified atom stereocenters. The first kappa shape index (κ1) is 20.2. The van der Waals surface area contributed by atoms with Crippen LogP contribution in [0.4, 0.5) is 4.79 Å². The maximum Gasteiger partial charge on any atom is 0.407 e. The Kier molecular flexibility index (Phi) is 7.29. The molecule has 1 aliphatic rings. The highest BCUT2D eigenvalue weighted by molar-refractivity contribution is 7.88. The third-order valence-electron chi connectivity index (χ3n) is 3.90. The molecule has 0 aliphatic carbocycles. The third kappa shape index (κ3) is 7.99. The summed E-state index contributed by atoms with van der Waals surface area (Å²) in [7, 11) is -1.56. The van der Waals surface area contributed by atoms with Crippen LogP contribution in [0.2, 0.25) is 0 Å². The number of piperidine rings is 1. The summed E-state index contributed by atoms with van der Waals surface area (Å²) >= 11 is 0. The summed E-state index contributed by atoms with van der Waals surface area (Å²) < 4.78 is 29.5. The fraction of sp³-hybridized carbons (Fsp3) is 0.933. The molecule has 1 aliphatic heterocycles. The van der Waals surface area contributed by atoms with Gasteiger partial charge in [-0.05, 0) is 40.2 Å². The van der Waals surface area contributed by atoms with Gasteiger partial charge in [0.2, 0.25) is 10.0 Å². The van der Waals surface area contributed by atoms with Gasteiger partial charge in [0.25, 0.3) is 0 Å². The Labute approximate surface area is 140 Å². The average molecular weight is 349 g/mol. The van der Waals surface area contributed by atoms with Crippen molar-refractivity contribution in [3.8, 4) is 0 Å². The van der Waals surface area contributed by atoms with Gasteiger partial charge in [0.1, 0.15) is 5.60 Å². The molecule has 8 heteroatoms. The number of likely N-dealkylation sites (tertiary alicyclic amines) is 1. The van der Waals surface area contributed by atoms with Crippen molar-refractivity contribution in [3.05, 3.63) is 0 Å². The second kappa shape index (κ2) is 8.30. The Morgan fingerprint density at radius 3 is 2.57 bits per heavy atom. The Hall–Kier alpha value is -0.860. The number of ether oxygens (including phenoxy) is 1. The molecule has 7 nitrogen and oxygen atoms in total. The van der Waals surface area contributed by atoms with Crippen LogP contribution in [-0.4, -0.2) is 74.8 Å². The van der Waals surface area contributed by atoms with E-state index in [1.165, 1.54) is 10.6 Å². The molecule has 0 saturated carbocycles. The van der Waals surface area contributed by atoms with E-state index in [-0.39, 0.29) is 6.04 Å². The van der Waals surface area contributed by atoms with Gasteiger partial charge in [-0.2, -0.15) is 0 Å². The SMILES string of the molecule is CN(CCN1CCCCC1CNC(=O)OC(C)(C)C)S(C)(=O)=O. The summed E-state index contributed by atoms with van der Waals surface area (Å²) in [5, 5.41) is 2.82. The molecule has 0 spiro atoms. The first-order valence-electron chi connectivity index (χ1n) is 8.11. The van der Waals surface area contributed by atoms with Gasteiger partial charge >= 0.3 is 6.09 Å². The average Bonchev–Trinajstić information content (AvgIpc) is 2.40. The lowest BCUT2D eigenvalue weighted by Crippen LogP contribution is -2.49. The first-order chi connectivity index (χ1) is 10.5. The van der Waals surface area contributed by atoms with Gasteiger partial charge in [-0.15, -0.1) is 0 Å². The number of nitrogens with zero attached hydrogens (tertiary/aromatic N) is 2. The van der Waals surface area contributed by atoms with Gasteiger partial charge in [-0.3, -0.25) is 4.90 Å². The molecular formula is C15H31N3O4S. The van der Waals surface area contributed by atoms with Crippen molar-refractivity contribution in [2.75, 3.05) is 39.5 Å². The Bertz CT molecular complexity index is 487. The highest BCUT2D eigenvalue weighted by atomic mass is 32.2. The number of rotatable bonds is 6. The number of carbonyl (C=O) groups excluding carboxylic acids is 1. The minimum absolute atomic E-state index is 0.226. The van der Waals surface area contributed by atoms with Crippen LogP contribution < -0.4 is 5.32 Å². The number of hydrogen-bond donors (Lipinski definition) is 1. The van der Waals surface area contributed by atoms with E-state index in [0.717, 1.165) is 25.8 Å². The maximum atomic E-state index is 11.8. The predicted molar refractivity (Wildman–Crippen MR) is 90.9 cm³/mol. The monoisotopic (exact) mass is 349 g/mol. The molecule has 136 valence electrons. The number of amides is 1. The predicted octanol–water partition coefficient (Wildman–Crippen LogP) is 1.26. The lowest BCUT2D eigenvalue weighted by molar-refractivity contribution is 0.0494. The normalized spacial score (nSPS) is 20.5. The molecule has 1 saturated heterocycles. The molecular weight excluding hydrogens is 318 g/mol. The standard InChI is InChI=1S/C15H31N3O4S/c1-15(2,3)22-14(19)16-12-13-8-6-7-9-18(13)11-10-17(4)23(5,20)21/h13H,6-12H2,1-5H3,(H,16,19). The highest BCUT2D eigenvalue weighted by Gasteiger charge is 2.25. The molecule has 23 heavy (non-hydrogen) atoms. The Balaban J connectivity index is 2.47. The summed E-state index contributed by atoms with van der Waals surface area (Å²) in [5.41, 5.74) is -0.505. The smallest absolute Gasteiger partial charge is 0.407 e. The van der Waals surface area contributed by atoms with E-state index in [9.17, 15) is 13.2 Å². The highest BCUT2D eigenvalue weighted by Crippen LogP contribution is 2.16. The Morgan fingerprint density at radius 1 is 1.35 bits per heavy atom. The first-order valence-corrected chi connectivity index (χ1v) is 9.96. The number of carbonyl (C=O) groups is 1. The lowest BCUT2D eigenvalue weighted by atomic mass is 10.0. The van der Waals surface area contributed by atoms with E-state index in [0.29, 0.717) is 19.6 Å². The number of sulfonamides is 1. The topological polar surface area (TPSA) is 79.0 Å². The molecule has 1 rings (SSSR count). The molecule has 1 heterocycles. The number of hydrogen-bond acceptors (Lipinski definition) is 5. The van der Waals surface area contributed by atoms with Crippen molar-refractivity contribution in [1.82, 2.24) is 14.5 Å². The van der Waals surface area contributed by atoms with E-state index >= 15 is 0 Å². The summed E-state index contributed by atoms with van der Waals surface area (Å²) in [6, 6.07) is 0.226. The van der Waals surface area contributed by atoms with Gasteiger partial charge in [-0.1, -0.05) is 6.42 Å². The second-order valence-electron chi connectivity index (χ2n) is 7.15. The van der Waals surface area contributed by atoms with Crippen LogP contribution in [0.15, 0.2) is 0 Å². The number of likely N-dealkylation sites (N-methyl/N-ethyl adjacent to an activating group) is 1. The summed E-state index contributed by atoms with van der Waals surface area (Å²) in [4.78, 5) is 14.0. The van der Waals surface area contributed by atoms with Crippen molar-refractivity contribution < 1.29 is 17.9 Å². The fourth-order valence-electron chi connectivity index (χ4n) is 2.54. The molecule has 0 radical (unpaired) electrons. The quantitative estimate of drug-likeness (QED) is 0.781. The van der Waals surface area contributed by atoms with Crippen LogP contribution in [-0.2, 0) is 14.8 Å². The van der Waals surface area contributed by atoms with Gasteiger partial charge < -0.3 is 10.1 Å². The number of alkyl carbamates (subject to hydrolysis) is 1. The molecule has 0 aromatic heterocycles. The van der Waals surface area contributed by atoms with Crippen molar-refractivity contribution >= 4 is 16.1 Å². The van der Waals surface area contributed by atoms with Crippen molar-refractivity contribution in [1.29, 1.82) is 0 Å². The van der Waals surface area contributed by atoms with Crippen LogP contribution in [0.3, 0.4) is 0 Å². The van der Waals surface area contributed by atoms with E-state index in [1.807, 2.05) is 20.8 Å². The van der Waals surface area contributed by atoms with E-state index in [1.54, 1.807) is 7.05 Å².